The summed E-state index contributed by atoms with van der Waals surface area (Å²) in [6, 6.07) is 3.83. The molecule has 0 spiro atoms. The minimum absolute atomic E-state index is 0.781. The minimum Gasteiger partial charge on any atom is -0.314 e. The molecule has 2 aromatic rings. The first-order chi connectivity index (χ1) is 5.90. The summed E-state index contributed by atoms with van der Waals surface area (Å²) in [4.78, 5) is 4.16. The lowest BCUT2D eigenvalue weighted by molar-refractivity contribution is 0.769. The zero-order valence-electron chi connectivity index (χ0n) is 6.86. The third-order valence-electron chi connectivity index (χ3n) is 1.64. The molecule has 0 amide bonds. The van der Waals surface area contributed by atoms with Gasteiger partial charge in [0.05, 0.1) is 5.69 Å². The Hall–Kier alpha value is -1.42. The maximum atomic E-state index is 4.29. The zero-order valence-corrected chi connectivity index (χ0v) is 6.86. The molecule has 1 N–H and O–H groups in total. The van der Waals surface area contributed by atoms with Crippen molar-refractivity contribution in [3.05, 3.63) is 30.2 Å². The Morgan fingerprint density at radius 3 is 3.25 bits per heavy atom. The molecular formula is C8H10N4. The smallest absolute Gasteiger partial charge is 0.155 e. The third kappa shape index (κ3) is 1.16. The van der Waals surface area contributed by atoms with Crippen LogP contribution in [0.4, 0.5) is 0 Å². The van der Waals surface area contributed by atoms with Gasteiger partial charge in [-0.3, -0.25) is 0 Å². The average molecular weight is 162 g/mol. The van der Waals surface area contributed by atoms with E-state index < -0.39 is 0 Å². The summed E-state index contributed by atoms with van der Waals surface area (Å²) < 4.78 is 1.77. The van der Waals surface area contributed by atoms with E-state index in [-0.39, 0.29) is 0 Å². The van der Waals surface area contributed by atoms with Gasteiger partial charge in [-0.2, -0.15) is 5.10 Å². The van der Waals surface area contributed by atoms with Crippen molar-refractivity contribution in [2.24, 2.45) is 0 Å². The second-order valence-corrected chi connectivity index (χ2v) is 2.59. The molecule has 0 atom stereocenters. The first-order valence-electron chi connectivity index (χ1n) is 3.84. The van der Waals surface area contributed by atoms with Gasteiger partial charge in [0.25, 0.3) is 0 Å². The van der Waals surface area contributed by atoms with Crippen LogP contribution < -0.4 is 5.32 Å². The van der Waals surface area contributed by atoms with E-state index in [9.17, 15) is 0 Å². The lowest BCUT2D eigenvalue weighted by atomic mass is 10.4. The Morgan fingerprint density at radius 1 is 1.58 bits per heavy atom. The fourth-order valence-corrected chi connectivity index (χ4v) is 1.15. The predicted octanol–water partition coefficient (Wildman–Crippen LogP) is 0.449. The fraction of sp³-hybridized carbons (Fsp3) is 0.250. The Morgan fingerprint density at radius 2 is 2.50 bits per heavy atom. The number of fused-ring (bicyclic) bond motifs is 1. The molecule has 0 saturated carbocycles. The topological polar surface area (TPSA) is 42.2 Å². The molecule has 0 aromatic carbocycles. The lowest BCUT2D eigenvalue weighted by Crippen LogP contribution is -2.05. The number of nitrogens with one attached hydrogen (secondary N) is 1. The molecule has 0 bridgehead atoms. The Kier molecular flexibility index (Phi) is 1.75. The van der Waals surface area contributed by atoms with Gasteiger partial charge in [-0.1, -0.05) is 0 Å². The largest absolute Gasteiger partial charge is 0.314 e. The van der Waals surface area contributed by atoms with Gasteiger partial charge >= 0.3 is 0 Å². The highest BCUT2D eigenvalue weighted by Gasteiger charge is 1.98. The molecule has 4 nitrogen and oxygen atoms in total. The molecule has 12 heavy (non-hydrogen) atoms. The Balaban J connectivity index is 2.47. The molecule has 0 aliphatic heterocycles. The number of aromatic nitrogens is 3. The zero-order chi connectivity index (χ0) is 8.39. The molecule has 0 unspecified atom stereocenters. The SMILES string of the molecule is CNCc1cc2ncccn2n1. The average Bonchev–Trinajstić information content (AvgIpc) is 2.47. The monoisotopic (exact) mass is 162 g/mol. The molecule has 2 rings (SSSR count). The van der Waals surface area contributed by atoms with Crippen molar-refractivity contribution in [1.29, 1.82) is 0 Å². The summed E-state index contributed by atoms with van der Waals surface area (Å²) in [6.07, 6.45) is 3.65. The van der Waals surface area contributed by atoms with Gasteiger partial charge in [-0.25, -0.2) is 9.50 Å². The second kappa shape index (κ2) is 2.91. The van der Waals surface area contributed by atoms with E-state index in [1.165, 1.54) is 0 Å². The van der Waals surface area contributed by atoms with Crippen molar-refractivity contribution in [3.8, 4) is 0 Å². The van der Waals surface area contributed by atoms with Gasteiger partial charge in [0.2, 0.25) is 0 Å². The van der Waals surface area contributed by atoms with Crippen LogP contribution in [-0.2, 0) is 6.54 Å². The highest BCUT2D eigenvalue weighted by atomic mass is 15.2. The summed E-state index contributed by atoms with van der Waals surface area (Å²) in [5, 5.41) is 7.34. The van der Waals surface area contributed by atoms with Gasteiger partial charge in [0.15, 0.2) is 5.65 Å². The lowest BCUT2D eigenvalue weighted by Gasteiger charge is -1.89. The van der Waals surface area contributed by atoms with Crippen molar-refractivity contribution in [2.75, 3.05) is 7.05 Å². The van der Waals surface area contributed by atoms with Crippen molar-refractivity contribution >= 4 is 5.65 Å². The van der Waals surface area contributed by atoms with Crippen molar-refractivity contribution in [3.63, 3.8) is 0 Å². The quantitative estimate of drug-likeness (QED) is 0.697. The third-order valence-corrected chi connectivity index (χ3v) is 1.64. The molecular weight excluding hydrogens is 152 g/mol. The Bertz CT molecular complexity index is 346. The summed E-state index contributed by atoms with van der Waals surface area (Å²) in [6.45, 7) is 0.781. The summed E-state index contributed by atoms with van der Waals surface area (Å²) in [5.41, 5.74) is 1.90. The standard InChI is InChI=1S/C8H10N4/c1-9-6-7-5-8-10-3-2-4-12(8)11-7/h2-5,9H,6H2,1H3. The molecule has 2 aromatic heterocycles. The molecule has 2 heterocycles. The van der Waals surface area contributed by atoms with Crippen LogP contribution in [0.2, 0.25) is 0 Å². The van der Waals surface area contributed by atoms with E-state index in [0.29, 0.717) is 0 Å². The summed E-state index contributed by atoms with van der Waals surface area (Å²) >= 11 is 0. The van der Waals surface area contributed by atoms with Gasteiger partial charge in [0, 0.05) is 25.0 Å². The maximum absolute atomic E-state index is 4.29. The van der Waals surface area contributed by atoms with Crippen LogP contribution in [0.1, 0.15) is 5.69 Å². The molecule has 0 radical (unpaired) electrons. The fourth-order valence-electron chi connectivity index (χ4n) is 1.15. The van der Waals surface area contributed by atoms with E-state index in [2.05, 4.69) is 15.4 Å². The molecule has 62 valence electrons. The molecule has 4 heteroatoms. The minimum atomic E-state index is 0.781. The highest BCUT2D eigenvalue weighted by molar-refractivity contribution is 5.37. The summed E-state index contributed by atoms with van der Waals surface area (Å²) in [7, 11) is 1.90. The van der Waals surface area contributed by atoms with E-state index in [4.69, 9.17) is 0 Å². The van der Waals surface area contributed by atoms with E-state index in [0.717, 1.165) is 17.9 Å². The number of hydrogen-bond acceptors (Lipinski definition) is 3. The molecule has 0 fully saturated rings. The number of hydrogen-bond donors (Lipinski definition) is 1. The number of rotatable bonds is 2. The van der Waals surface area contributed by atoms with Crippen LogP contribution in [0.15, 0.2) is 24.5 Å². The Labute approximate surface area is 70.2 Å². The van der Waals surface area contributed by atoms with Gasteiger partial charge in [-0.15, -0.1) is 0 Å². The van der Waals surface area contributed by atoms with Crippen LogP contribution in [0, 0.1) is 0 Å². The van der Waals surface area contributed by atoms with E-state index in [1.807, 2.05) is 25.4 Å². The van der Waals surface area contributed by atoms with E-state index in [1.54, 1.807) is 10.7 Å². The number of nitrogens with zero attached hydrogens (tertiary/aromatic N) is 3. The van der Waals surface area contributed by atoms with Crippen molar-refractivity contribution < 1.29 is 0 Å². The first kappa shape index (κ1) is 7.24. The van der Waals surface area contributed by atoms with Gasteiger partial charge in [0.1, 0.15) is 0 Å². The normalized spacial score (nSPS) is 10.8. The molecule has 0 aliphatic carbocycles. The molecule has 0 aliphatic rings. The van der Waals surface area contributed by atoms with Gasteiger partial charge in [-0.05, 0) is 13.1 Å². The van der Waals surface area contributed by atoms with E-state index >= 15 is 0 Å². The van der Waals surface area contributed by atoms with Crippen LogP contribution >= 0.6 is 0 Å². The van der Waals surface area contributed by atoms with Crippen LogP contribution in [0.3, 0.4) is 0 Å². The van der Waals surface area contributed by atoms with Crippen molar-refractivity contribution in [2.45, 2.75) is 6.54 Å². The molecule has 0 saturated heterocycles. The second-order valence-electron chi connectivity index (χ2n) is 2.59. The first-order valence-corrected chi connectivity index (χ1v) is 3.84. The van der Waals surface area contributed by atoms with Crippen molar-refractivity contribution in [1.82, 2.24) is 19.9 Å². The van der Waals surface area contributed by atoms with Crippen LogP contribution in [0.25, 0.3) is 5.65 Å². The van der Waals surface area contributed by atoms with Gasteiger partial charge < -0.3 is 5.32 Å². The van der Waals surface area contributed by atoms with Crippen LogP contribution in [0.5, 0.6) is 0 Å². The maximum Gasteiger partial charge on any atom is 0.155 e. The highest BCUT2D eigenvalue weighted by Crippen LogP contribution is 2.01. The van der Waals surface area contributed by atoms with Crippen LogP contribution in [-0.4, -0.2) is 21.6 Å². The summed E-state index contributed by atoms with van der Waals surface area (Å²) in [5.74, 6) is 0. The predicted molar refractivity (Wildman–Crippen MR) is 45.8 cm³/mol.